The molecule has 1 heterocycles. The van der Waals surface area contributed by atoms with E-state index in [1.54, 1.807) is 55.7 Å². The predicted octanol–water partition coefficient (Wildman–Crippen LogP) is 4.72. The lowest BCUT2D eigenvalue weighted by atomic mass is 10.2. The van der Waals surface area contributed by atoms with E-state index < -0.39 is 6.10 Å². The summed E-state index contributed by atoms with van der Waals surface area (Å²) in [6.45, 7) is 2.07. The number of aromatic nitrogens is 1. The van der Waals surface area contributed by atoms with Crippen molar-refractivity contribution in [3.8, 4) is 11.5 Å². The van der Waals surface area contributed by atoms with E-state index in [0.717, 1.165) is 5.56 Å². The Balaban J connectivity index is 1.58. The molecule has 1 atom stereocenters. The summed E-state index contributed by atoms with van der Waals surface area (Å²) in [5, 5.41) is 3.28. The topological polar surface area (TPSA) is 60.5 Å². The number of carbonyl (C=O) groups excluding carboxylic acids is 1. The molecular formula is C21H19ClN2O3. The van der Waals surface area contributed by atoms with Crippen molar-refractivity contribution in [2.75, 3.05) is 5.32 Å². The van der Waals surface area contributed by atoms with Crippen LogP contribution in [0.1, 0.15) is 12.5 Å². The van der Waals surface area contributed by atoms with Crippen LogP contribution in [0.3, 0.4) is 0 Å². The maximum atomic E-state index is 12.4. The number of pyridine rings is 1. The minimum Gasteiger partial charge on any atom is -0.489 e. The van der Waals surface area contributed by atoms with Gasteiger partial charge in [0.25, 0.3) is 5.91 Å². The number of hydrogen-bond donors (Lipinski definition) is 1. The molecule has 0 aliphatic carbocycles. The minimum absolute atomic E-state index is 0.278. The van der Waals surface area contributed by atoms with Crippen molar-refractivity contribution in [3.63, 3.8) is 0 Å². The number of para-hydroxylation sites is 1. The number of ether oxygens (including phenoxy) is 2. The first-order chi connectivity index (χ1) is 13.1. The Bertz CT molecular complexity index is 903. The first-order valence-electron chi connectivity index (χ1n) is 8.45. The Hall–Kier alpha value is -3.05. The first-order valence-corrected chi connectivity index (χ1v) is 8.83. The zero-order chi connectivity index (χ0) is 19.1. The third kappa shape index (κ3) is 5.46. The Kier molecular flexibility index (Phi) is 6.28. The summed E-state index contributed by atoms with van der Waals surface area (Å²) in [5.74, 6) is 0.839. The number of amides is 1. The molecular weight excluding hydrogens is 364 g/mol. The van der Waals surface area contributed by atoms with E-state index in [-0.39, 0.29) is 5.91 Å². The highest BCUT2D eigenvalue weighted by Crippen LogP contribution is 2.25. The summed E-state index contributed by atoms with van der Waals surface area (Å²) >= 11 is 6.06. The highest BCUT2D eigenvalue weighted by atomic mass is 35.5. The summed E-state index contributed by atoms with van der Waals surface area (Å²) < 4.78 is 11.4. The standard InChI is InChI=1S/C21H19ClN2O3/c1-15(27-20-10-3-2-9-19(20)22)21(25)24-17-7-4-8-18(12-17)26-14-16-6-5-11-23-13-16/h2-13,15H,14H2,1H3,(H,24,25). The number of rotatable bonds is 7. The summed E-state index contributed by atoms with van der Waals surface area (Å²) in [6, 6.07) is 18.0. The second-order valence-electron chi connectivity index (χ2n) is 5.86. The maximum Gasteiger partial charge on any atom is 0.265 e. The first kappa shape index (κ1) is 18.7. The van der Waals surface area contributed by atoms with E-state index in [4.69, 9.17) is 21.1 Å². The number of carbonyl (C=O) groups is 1. The van der Waals surface area contributed by atoms with Crippen LogP contribution in [-0.2, 0) is 11.4 Å². The molecule has 0 saturated heterocycles. The number of benzene rings is 2. The van der Waals surface area contributed by atoms with E-state index in [1.165, 1.54) is 0 Å². The predicted molar refractivity (Wildman–Crippen MR) is 105 cm³/mol. The molecule has 1 aromatic heterocycles. The molecule has 0 bridgehead atoms. The van der Waals surface area contributed by atoms with Crippen LogP contribution < -0.4 is 14.8 Å². The smallest absolute Gasteiger partial charge is 0.265 e. The van der Waals surface area contributed by atoms with Crippen LogP contribution in [0.15, 0.2) is 73.1 Å². The highest BCUT2D eigenvalue weighted by Gasteiger charge is 2.16. The molecule has 3 aromatic rings. The molecule has 5 nitrogen and oxygen atoms in total. The Morgan fingerprint density at radius 2 is 2.00 bits per heavy atom. The van der Waals surface area contributed by atoms with Gasteiger partial charge in [-0.2, -0.15) is 0 Å². The van der Waals surface area contributed by atoms with Gasteiger partial charge in [0.15, 0.2) is 6.10 Å². The van der Waals surface area contributed by atoms with Gasteiger partial charge in [-0.25, -0.2) is 0 Å². The second kappa shape index (κ2) is 9.05. The maximum absolute atomic E-state index is 12.4. The van der Waals surface area contributed by atoms with Crippen molar-refractivity contribution in [2.24, 2.45) is 0 Å². The van der Waals surface area contributed by atoms with Gasteiger partial charge in [-0.05, 0) is 37.3 Å². The van der Waals surface area contributed by atoms with Crippen molar-refractivity contribution in [1.29, 1.82) is 0 Å². The molecule has 1 amide bonds. The number of nitrogens with zero attached hydrogens (tertiary/aromatic N) is 1. The number of halogens is 1. The van der Waals surface area contributed by atoms with Crippen LogP contribution in [0.2, 0.25) is 5.02 Å². The molecule has 138 valence electrons. The summed E-state index contributed by atoms with van der Waals surface area (Å²) in [5.41, 5.74) is 1.59. The minimum atomic E-state index is -0.704. The third-order valence-corrected chi connectivity index (χ3v) is 4.05. The van der Waals surface area contributed by atoms with Gasteiger partial charge in [-0.3, -0.25) is 9.78 Å². The van der Waals surface area contributed by atoms with Crippen molar-refractivity contribution < 1.29 is 14.3 Å². The average molecular weight is 383 g/mol. The molecule has 0 radical (unpaired) electrons. The lowest BCUT2D eigenvalue weighted by molar-refractivity contribution is -0.122. The fourth-order valence-electron chi connectivity index (χ4n) is 2.34. The van der Waals surface area contributed by atoms with Crippen molar-refractivity contribution in [2.45, 2.75) is 19.6 Å². The third-order valence-electron chi connectivity index (χ3n) is 3.74. The van der Waals surface area contributed by atoms with Crippen LogP contribution in [0.4, 0.5) is 5.69 Å². The van der Waals surface area contributed by atoms with Crippen molar-refractivity contribution in [3.05, 3.63) is 83.6 Å². The second-order valence-corrected chi connectivity index (χ2v) is 6.26. The largest absolute Gasteiger partial charge is 0.489 e. The van der Waals surface area contributed by atoms with Gasteiger partial charge in [0.1, 0.15) is 18.1 Å². The van der Waals surface area contributed by atoms with E-state index >= 15 is 0 Å². The molecule has 27 heavy (non-hydrogen) atoms. The molecule has 0 spiro atoms. The fraction of sp³-hybridized carbons (Fsp3) is 0.143. The summed E-state index contributed by atoms with van der Waals surface area (Å²) in [4.78, 5) is 16.4. The average Bonchev–Trinajstić information content (AvgIpc) is 2.69. The Morgan fingerprint density at radius 3 is 2.78 bits per heavy atom. The van der Waals surface area contributed by atoms with Crippen LogP contribution >= 0.6 is 11.6 Å². The zero-order valence-corrected chi connectivity index (χ0v) is 15.5. The van der Waals surface area contributed by atoms with Crippen molar-refractivity contribution >= 4 is 23.2 Å². The van der Waals surface area contributed by atoms with Gasteiger partial charge >= 0.3 is 0 Å². The lowest BCUT2D eigenvalue weighted by Crippen LogP contribution is -2.30. The van der Waals surface area contributed by atoms with Crippen LogP contribution in [-0.4, -0.2) is 17.0 Å². The number of nitrogens with one attached hydrogen (secondary N) is 1. The van der Waals surface area contributed by atoms with Crippen LogP contribution in [0, 0.1) is 0 Å². The van der Waals surface area contributed by atoms with Gasteiger partial charge in [-0.1, -0.05) is 35.9 Å². The molecule has 0 aliphatic rings. The fourth-order valence-corrected chi connectivity index (χ4v) is 2.52. The van der Waals surface area contributed by atoms with Crippen molar-refractivity contribution in [1.82, 2.24) is 4.98 Å². The van der Waals surface area contributed by atoms with Gasteiger partial charge in [-0.15, -0.1) is 0 Å². The van der Waals surface area contributed by atoms with E-state index in [1.807, 2.05) is 24.3 Å². The molecule has 3 rings (SSSR count). The van der Waals surface area contributed by atoms with Crippen LogP contribution in [0.25, 0.3) is 0 Å². The molecule has 0 aliphatic heterocycles. The zero-order valence-electron chi connectivity index (χ0n) is 14.8. The SMILES string of the molecule is CC(Oc1ccccc1Cl)C(=O)Nc1cccc(OCc2cccnc2)c1. The molecule has 6 heteroatoms. The summed E-state index contributed by atoms with van der Waals surface area (Å²) in [6.07, 6.45) is 2.76. The lowest BCUT2D eigenvalue weighted by Gasteiger charge is -2.16. The molecule has 1 unspecified atom stereocenters. The quantitative estimate of drug-likeness (QED) is 0.642. The highest BCUT2D eigenvalue weighted by molar-refractivity contribution is 6.32. The van der Waals surface area contributed by atoms with E-state index in [0.29, 0.717) is 28.8 Å². The van der Waals surface area contributed by atoms with E-state index in [9.17, 15) is 4.79 Å². The Morgan fingerprint density at radius 1 is 1.15 bits per heavy atom. The molecule has 2 aromatic carbocycles. The Labute approximate surface area is 162 Å². The normalized spacial score (nSPS) is 11.5. The molecule has 1 N–H and O–H groups in total. The van der Waals surface area contributed by atoms with E-state index in [2.05, 4.69) is 10.3 Å². The summed E-state index contributed by atoms with van der Waals surface area (Å²) in [7, 11) is 0. The number of anilines is 1. The van der Waals surface area contributed by atoms with Gasteiger partial charge < -0.3 is 14.8 Å². The monoisotopic (exact) mass is 382 g/mol. The van der Waals surface area contributed by atoms with Gasteiger partial charge in [0.05, 0.1) is 5.02 Å². The van der Waals surface area contributed by atoms with Crippen LogP contribution in [0.5, 0.6) is 11.5 Å². The molecule has 0 fully saturated rings. The molecule has 0 saturated carbocycles. The number of hydrogen-bond acceptors (Lipinski definition) is 4. The van der Waals surface area contributed by atoms with Gasteiger partial charge in [0, 0.05) is 29.7 Å². The van der Waals surface area contributed by atoms with Gasteiger partial charge in [0.2, 0.25) is 0 Å².